The molecule has 0 amide bonds. The third kappa shape index (κ3) is 4.91. The van der Waals surface area contributed by atoms with Gasteiger partial charge in [-0.05, 0) is 38.0 Å². The van der Waals surface area contributed by atoms with Gasteiger partial charge in [-0.1, -0.05) is 6.07 Å². The van der Waals surface area contributed by atoms with E-state index in [9.17, 15) is 22.8 Å². The number of aromatic nitrogens is 2. The van der Waals surface area contributed by atoms with Crippen molar-refractivity contribution in [2.75, 3.05) is 12.4 Å². The monoisotopic (exact) mass is 400 g/mol. The maximum absolute atomic E-state index is 13.0. The van der Waals surface area contributed by atoms with Crippen molar-refractivity contribution in [3.05, 3.63) is 45.2 Å². The van der Waals surface area contributed by atoms with Crippen LogP contribution in [0.25, 0.3) is 11.3 Å². The molecule has 1 heterocycles. The molecule has 5 nitrogen and oxygen atoms in total. The van der Waals surface area contributed by atoms with Crippen LogP contribution in [0.5, 0.6) is 0 Å². The van der Waals surface area contributed by atoms with Gasteiger partial charge in [0.2, 0.25) is 5.43 Å². The van der Waals surface area contributed by atoms with Crippen molar-refractivity contribution >= 4 is 17.7 Å². The van der Waals surface area contributed by atoms with Gasteiger partial charge in [-0.3, -0.25) is 14.3 Å². The number of rotatable bonds is 5. The van der Waals surface area contributed by atoms with Crippen LogP contribution in [0.3, 0.4) is 0 Å². The van der Waals surface area contributed by atoms with Crippen LogP contribution in [-0.2, 0) is 22.8 Å². The lowest BCUT2D eigenvalue weighted by atomic mass is 10.0. The number of carbonyl (C=O) groups excluding carboxylic acids is 1. The van der Waals surface area contributed by atoms with Gasteiger partial charge in [0, 0.05) is 23.6 Å². The Morgan fingerprint density at radius 3 is 2.48 bits per heavy atom. The Morgan fingerprint density at radius 1 is 1.22 bits per heavy atom. The largest absolute Gasteiger partial charge is 0.465 e. The Balaban J connectivity index is 2.47. The van der Waals surface area contributed by atoms with Crippen LogP contribution in [0.4, 0.5) is 13.2 Å². The van der Waals surface area contributed by atoms with E-state index in [4.69, 9.17) is 4.74 Å². The molecular weight excluding hydrogens is 381 g/mol. The standard InChI is InChI=1S/C18H19F3N2O3S/c1-5-26-16(25)9-27-14-7-12(10(2)6-11(14)3)17-13(24)8-15(18(19,20)21)23(4)22-17/h6-8H,5,9H2,1-4H3. The van der Waals surface area contributed by atoms with Crippen molar-refractivity contribution in [2.24, 2.45) is 7.05 Å². The normalized spacial score (nSPS) is 11.5. The van der Waals surface area contributed by atoms with Crippen molar-refractivity contribution in [2.45, 2.75) is 31.8 Å². The highest BCUT2D eigenvalue weighted by Crippen LogP contribution is 2.31. The predicted molar refractivity (Wildman–Crippen MR) is 96.7 cm³/mol. The number of hydrogen-bond acceptors (Lipinski definition) is 5. The Labute approximate surface area is 158 Å². The summed E-state index contributed by atoms with van der Waals surface area (Å²) in [6.45, 7) is 5.59. The predicted octanol–water partition coefficient (Wildman–Crippen LogP) is 3.74. The fraction of sp³-hybridized carbons (Fsp3) is 0.389. The van der Waals surface area contributed by atoms with E-state index in [2.05, 4.69) is 5.10 Å². The molecule has 1 aromatic heterocycles. The quantitative estimate of drug-likeness (QED) is 0.565. The number of ether oxygens (including phenoxy) is 1. The summed E-state index contributed by atoms with van der Waals surface area (Å²) in [5.41, 5.74) is 0.0283. The number of thioether (sulfide) groups is 1. The summed E-state index contributed by atoms with van der Waals surface area (Å²) in [6, 6.07) is 4.03. The highest BCUT2D eigenvalue weighted by molar-refractivity contribution is 8.00. The van der Waals surface area contributed by atoms with E-state index < -0.39 is 17.3 Å². The third-order valence-electron chi connectivity index (χ3n) is 3.82. The van der Waals surface area contributed by atoms with E-state index >= 15 is 0 Å². The number of esters is 1. The molecule has 0 N–H and O–H groups in total. The lowest BCUT2D eigenvalue weighted by Gasteiger charge is -2.14. The zero-order valence-corrected chi connectivity index (χ0v) is 16.1. The number of nitrogens with zero attached hydrogens (tertiary/aromatic N) is 2. The summed E-state index contributed by atoms with van der Waals surface area (Å²) >= 11 is 1.24. The van der Waals surface area contributed by atoms with Gasteiger partial charge in [0.15, 0.2) is 0 Å². The second-order valence-corrected chi connectivity index (χ2v) is 6.91. The van der Waals surface area contributed by atoms with Crippen LogP contribution >= 0.6 is 11.8 Å². The number of alkyl halides is 3. The van der Waals surface area contributed by atoms with E-state index in [1.165, 1.54) is 11.8 Å². The molecule has 0 aliphatic carbocycles. The lowest BCUT2D eigenvalue weighted by molar-refractivity contribution is -0.144. The van der Waals surface area contributed by atoms with Crippen molar-refractivity contribution in [1.29, 1.82) is 0 Å². The minimum atomic E-state index is -4.66. The molecule has 0 saturated heterocycles. The number of benzene rings is 1. The number of halogens is 3. The maximum atomic E-state index is 13.0. The van der Waals surface area contributed by atoms with Gasteiger partial charge in [-0.15, -0.1) is 11.8 Å². The summed E-state index contributed by atoms with van der Waals surface area (Å²) in [5, 5.41) is 3.85. The SMILES string of the molecule is CCOC(=O)CSc1cc(-c2nn(C)c(C(F)(F)F)cc2=O)c(C)cc1C. The van der Waals surface area contributed by atoms with Gasteiger partial charge >= 0.3 is 12.1 Å². The average Bonchev–Trinajstić information content (AvgIpc) is 2.55. The fourth-order valence-corrected chi connectivity index (χ4v) is 3.42. The molecule has 0 radical (unpaired) electrons. The van der Waals surface area contributed by atoms with Crippen LogP contribution in [0.2, 0.25) is 0 Å². The number of aryl methyl sites for hydroxylation is 3. The van der Waals surface area contributed by atoms with Gasteiger partial charge in [-0.2, -0.15) is 18.3 Å². The van der Waals surface area contributed by atoms with Crippen molar-refractivity contribution in [3.8, 4) is 11.3 Å². The van der Waals surface area contributed by atoms with Gasteiger partial charge in [0.05, 0.1) is 12.4 Å². The number of carbonyl (C=O) groups is 1. The topological polar surface area (TPSA) is 61.2 Å². The molecule has 0 saturated carbocycles. The number of hydrogen-bond donors (Lipinski definition) is 0. The Hall–Kier alpha value is -2.29. The van der Waals surface area contributed by atoms with Crippen LogP contribution < -0.4 is 5.43 Å². The van der Waals surface area contributed by atoms with Gasteiger partial charge in [0.25, 0.3) is 0 Å². The first-order valence-electron chi connectivity index (χ1n) is 8.10. The van der Waals surface area contributed by atoms with Crippen LogP contribution in [0.15, 0.2) is 27.9 Å². The second kappa shape index (κ2) is 8.16. The third-order valence-corrected chi connectivity index (χ3v) is 4.95. The first-order valence-corrected chi connectivity index (χ1v) is 9.08. The van der Waals surface area contributed by atoms with Crippen LogP contribution in [0.1, 0.15) is 23.7 Å². The highest BCUT2D eigenvalue weighted by Gasteiger charge is 2.34. The van der Waals surface area contributed by atoms with E-state index in [1.807, 2.05) is 13.0 Å². The highest BCUT2D eigenvalue weighted by atomic mass is 32.2. The van der Waals surface area contributed by atoms with E-state index in [1.54, 1.807) is 19.9 Å². The summed E-state index contributed by atoms with van der Waals surface area (Å²) in [4.78, 5) is 24.6. The fourth-order valence-electron chi connectivity index (χ4n) is 2.57. The molecule has 9 heteroatoms. The Morgan fingerprint density at radius 2 is 1.89 bits per heavy atom. The lowest BCUT2D eigenvalue weighted by Crippen LogP contribution is -2.22. The van der Waals surface area contributed by atoms with E-state index in [0.717, 1.165) is 17.5 Å². The minimum Gasteiger partial charge on any atom is -0.465 e. The molecule has 0 bridgehead atoms. The van der Waals surface area contributed by atoms with Gasteiger partial charge in [-0.25, -0.2) is 0 Å². The van der Waals surface area contributed by atoms with Gasteiger partial charge in [0.1, 0.15) is 11.4 Å². The van der Waals surface area contributed by atoms with E-state index in [0.29, 0.717) is 21.9 Å². The smallest absolute Gasteiger partial charge is 0.433 e. The van der Waals surface area contributed by atoms with Crippen molar-refractivity contribution < 1.29 is 22.7 Å². The summed E-state index contributed by atoms with van der Waals surface area (Å²) in [6.07, 6.45) is -4.66. The first-order chi connectivity index (χ1) is 12.5. The van der Waals surface area contributed by atoms with Crippen LogP contribution in [-0.4, -0.2) is 28.1 Å². The molecule has 2 rings (SSSR count). The Bertz CT molecular complexity index is 923. The molecular formula is C18H19F3N2O3S. The van der Waals surface area contributed by atoms with Crippen molar-refractivity contribution in [1.82, 2.24) is 9.78 Å². The maximum Gasteiger partial charge on any atom is 0.433 e. The zero-order valence-electron chi connectivity index (χ0n) is 15.3. The zero-order chi connectivity index (χ0) is 20.4. The molecule has 0 atom stereocenters. The molecule has 146 valence electrons. The molecule has 0 unspecified atom stereocenters. The molecule has 0 spiro atoms. The van der Waals surface area contributed by atoms with Crippen molar-refractivity contribution in [3.63, 3.8) is 0 Å². The Kier molecular flexibility index (Phi) is 6.35. The first kappa shape index (κ1) is 21.0. The molecule has 0 fully saturated rings. The molecule has 27 heavy (non-hydrogen) atoms. The molecule has 0 aliphatic heterocycles. The minimum absolute atomic E-state index is 0.0685. The average molecular weight is 400 g/mol. The second-order valence-electron chi connectivity index (χ2n) is 5.89. The summed E-state index contributed by atoms with van der Waals surface area (Å²) < 4.78 is 44.4. The van der Waals surface area contributed by atoms with Crippen LogP contribution in [0, 0.1) is 13.8 Å². The molecule has 1 aromatic carbocycles. The molecule has 0 aliphatic rings. The van der Waals surface area contributed by atoms with Gasteiger partial charge < -0.3 is 4.74 Å². The van der Waals surface area contributed by atoms with E-state index in [-0.39, 0.29) is 24.0 Å². The summed E-state index contributed by atoms with van der Waals surface area (Å²) in [5.74, 6) is -0.275. The summed E-state index contributed by atoms with van der Waals surface area (Å²) in [7, 11) is 1.14. The molecule has 2 aromatic rings.